The summed E-state index contributed by atoms with van der Waals surface area (Å²) in [5.74, 6) is 0. The zero-order chi connectivity index (χ0) is 13.9. The number of nitrogens with one attached hydrogen (secondary N) is 1. The highest BCUT2D eigenvalue weighted by Crippen LogP contribution is 2.32. The molecule has 104 valence electrons. The monoisotopic (exact) mass is 281 g/mol. The summed E-state index contributed by atoms with van der Waals surface area (Å²) in [7, 11) is 1.82. The molecule has 0 spiro atoms. The smallest absolute Gasteiger partial charge is 0.339 e. The van der Waals surface area contributed by atoms with E-state index in [-0.39, 0.29) is 6.04 Å². The molecule has 0 aliphatic carbocycles. The lowest BCUT2D eigenvalue weighted by Crippen LogP contribution is -2.33. The number of halogens is 3. The maximum Gasteiger partial charge on any atom is 0.406 e. The van der Waals surface area contributed by atoms with E-state index < -0.39 is 12.7 Å². The molecule has 3 nitrogen and oxygen atoms in total. The molecule has 0 aliphatic heterocycles. The Morgan fingerprint density at radius 1 is 1.44 bits per heavy atom. The third-order valence-corrected chi connectivity index (χ3v) is 4.07. The van der Waals surface area contributed by atoms with E-state index in [1.54, 1.807) is 6.92 Å². The van der Waals surface area contributed by atoms with Crippen LogP contribution in [0.25, 0.3) is 0 Å². The molecule has 0 fully saturated rings. The van der Waals surface area contributed by atoms with Crippen LogP contribution >= 0.6 is 11.3 Å². The van der Waals surface area contributed by atoms with Crippen LogP contribution in [0.5, 0.6) is 0 Å². The van der Waals surface area contributed by atoms with Gasteiger partial charge in [-0.15, -0.1) is 11.3 Å². The molecule has 1 atom stereocenters. The lowest BCUT2D eigenvalue weighted by molar-refractivity contribution is -0.119. The molecule has 1 unspecified atom stereocenters. The fourth-order valence-electron chi connectivity index (χ4n) is 1.59. The molecule has 1 N–H and O–H groups in total. The second kappa shape index (κ2) is 5.88. The highest BCUT2D eigenvalue weighted by molar-refractivity contribution is 7.15. The van der Waals surface area contributed by atoms with Crippen molar-refractivity contribution in [1.82, 2.24) is 10.3 Å². The van der Waals surface area contributed by atoms with Gasteiger partial charge in [-0.1, -0.05) is 0 Å². The molecule has 1 aromatic heterocycles. The van der Waals surface area contributed by atoms with E-state index in [0.29, 0.717) is 11.7 Å². The van der Waals surface area contributed by atoms with Gasteiger partial charge in [0.15, 0.2) is 5.13 Å². The first-order chi connectivity index (χ1) is 8.28. The van der Waals surface area contributed by atoms with Gasteiger partial charge in [0.05, 0.1) is 5.69 Å². The molecule has 0 saturated heterocycles. The van der Waals surface area contributed by atoms with Gasteiger partial charge in [0, 0.05) is 17.5 Å². The summed E-state index contributed by atoms with van der Waals surface area (Å²) >= 11 is 1.32. The number of aryl methyl sites for hydroxylation is 1. The summed E-state index contributed by atoms with van der Waals surface area (Å²) < 4.78 is 37.3. The van der Waals surface area contributed by atoms with Crippen molar-refractivity contribution in [1.29, 1.82) is 0 Å². The van der Waals surface area contributed by atoms with Crippen LogP contribution in [0.4, 0.5) is 18.3 Å². The van der Waals surface area contributed by atoms with E-state index in [0.717, 1.165) is 10.6 Å². The fraction of sp³-hybridized carbons (Fsp3) is 0.727. The number of hydrogen-bond acceptors (Lipinski definition) is 4. The number of thiazole rings is 1. The number of alkyl halides is 3. The molecule has 7 heteroatoms. The second-order valence-corrected chi connectivity index (χ2v) is 5.09. The van der Waals surface area contributed by atoms with Gasteiger partial charge in [-0.25, -0.2) is 4.98 Å². The number of hydrogen-bond donors (Lipinski definition) is 1. The molecule has 0 aliphatic rings. The molecular formula is C11H18F3N3S. The molecule has 18 heavy (non-hydrogen) atoms. The van der Waals surface area contributed by atoms with Crippen molar-refractivity contribution in [3.8, 4) is 0 Å². The Morgan fingerprint density at radius 3 is 2.50 bits per heavy atom. The summed E-state index contributed by atoms with van der Waals surface area (Å²) in [5.41, 5.74) is 0.789. The van der Waals surface area contributed by atoms with E-state index in [4.69, 9.17) is 0 Å². The first-order valence-corrected chi connectivity index (χ1v) is 6.56. The second-order valence-electron chi connectivity index (χ2n) is 4.09. The number of nitrogens with zero attached hydrogens (tertiary/aromatic N) is 2. The molecule has 1 heterocycles. The SMILES string of the molecule is CCN(CC(F)(F)F)c1nc(C)c(C(C)NC)s1. The predicted octanol–water partition coefficient (Wildman–Crippen LogP) is 3.12. The molecule has 0 radical (unpaired) electrons. The lowest BCUT2D eigenvalue weighted by Gasteiger charge is -2.21. The van der Waals surface area contributed by atoms with Gasteiger partial charge in [-0.2, -0.15) is 13.2 Å². The van der Waals surface area contributed by atoms with Gasteiger partial charge in [-0.3, -0.25) is 0 Å². The quantitative estimate of drug-likeness (QED) is 0.899. The first-order valence-electron chi connectivity index (χ1n) is 5.74. The first kappa shape index (κ1) is 15.2. The van der Waals surface area contributed by atoms with Crippen LogP contribution in [0, 0.1) is 6.92 Å². The van der Waals surface area contributed by atoms with Crippen LogP contribution in [-0.2, 0) is 0 Å². The van der Waals surface area contributed by atoms with Gasteiger partial charge >= 0.3 is 6.18 Å². The minimum Gasteiger partial charge on any atom is -0.339 e. The van der Waals surface area contributed by atoms with Gasteiger partial charge < -0.3 is 10.2 Å². The zero-order valence-electron chi connectivity index (χ0n) is 10.9. The minimum atomic E-state index is -4.20. The Bertz CT molecular complexity index is 389. The van der Waals surface area contributed by atoms with Crippen molar-refractivity contribution in [2.75, 3.05) is 25.0 Å². The van der Waals surface area contributed by atoms with Crippen molar-refractivity contribution in [2.45, 2.75) is 33.0 Å². The normalized spacial score (nSPS) is 13.7. The lowest BCUT2D eigenvalue weighted by atomic mass is 10.2. The van der Waals surface area contributed by atoms with Crippen molar-refractivity contribution < 1.29 is 13.2 Å². The summed E-state index contributed by atoms with van der Waals surface area (Å²) in [4.78, 5) is 6.47. The maximum atomic E-state index is 12.4. The molecule has 0 aromatic carbocycles. The minimum absolute atomic E-state index is 0.0980. The van der Waals surface area contributed by atoms with Gasteiger partial charge in [0.1, 0.15) is 6.54 Å². The van der Waals surface area contributed by atoms with Crippen molar-refractivity contribution in [2.24, 2.45) is 0 Å². The van der Waals surface area contributed by atoms with E-state index in [9.17, 15) is 13.2 Å². The van der Waals surface area contributed by atoms with Crippen molar-refractivity contribution in [3.63, 3.8) is 0 Å². The standard InChI is InChI=1S/C11H18F3N3S/c1-5-17(6-11(12,13)14)10-16-8(3)9(18-10)7(2)15-4/h7,15H,5-6H2,1-4H3. The van der Waals surface area contributed by atoms with E-state index >= 15 is 0 Å². The van der Waals surface area contributed by atoms with Crippen LogP contribution in [0.1, 0.15) is 30.5 Å². The van der Waals surface area contributed by atoms with Gasteiger partial charge in [0.25, 0.3) is 0 Å². The van der Waals surface area contributed by atoms with Crippen LogP contribution in [0.2, 0.25) is 0 Å². The predicted molar refractivity (Wildman–Crippen MR) is 68.3 cm³/mol. The Kier molecular flexibility index (Phi) is 4.98. The third kappa shape index (κ3) is 3.84. The van der Waals surface area contributed by atoms with E-state index in [1.165, 1.54) is 16.2 Å². The summed E-state index contributed by atoms with van der Waals surface area (Å²) in [6.45, 7) is 4.82. The van der Waals surface area contributed by atoms with Crippen LogP contribution in [0.15, 0.2) is 0 Å². The number of aromatic nitrogens is 1. The summed E-state index contributed by atoms with van der Waals surface area (Å²) in [6.07, 6.45) is -4.20. The Balaban J connectivity index is 2.94. The van der Waals surface area contributed by atoms with Crippen LogP contribution in [-0.4, -0.2) is 31.3 Å². The third-order valence-electron chi connectivity index (χ3n) is 2.67. The molecule has 1 aromatic rings. The van der Waals surface area contributed by atoms with E-state index in [2.05, 4.69) is 10.3 Å². The average molecular weight is 281 g/mol. The molecular weight excluding hydrogens is 263 g/mol. The Morgan fingerprint density at radius 2 is 2.06 bits per heavy atom. The van der Waals surface area contributed by atoms with Crippen molar-refractivity contribution in [3.05, 3.63) is 10.6 Å². The Labute approximate surface area is 109 Å². The average Bonchev–Trinajstić information content (AvgIpc) is 2.66. The fourth-order valence-corrected chi connectivity index (χ4v) is 2.78. The molecule has 0 bridgehead atoms. The van der Waals surface area contributed by atoms with E-state index in [1.807, 2.05) is 20.9 Å². The zero-order valence-corrected chi connectivity index (χ0v) is 11.7. The summed E-state index contributed by atoms with van der Waals surface area (Å²) in [6, 6.07) is 0.0980. The highest BCUT2D eigenvalue weighted by atomic mass is 32.1. The largest absolute Gasteiger partial charge is 0.406 e. The molecule has 0 amide bonds. The number of anilines is 1. The van der Waals surface area contributed by atoms with Gasteiger partial charge in [0.2, 0.25) is 0 Å². The topological polar surface area (TPSA) is 28.2 Å². The van der Waals surface area contributed by atoms with Gasteiger partial charge in [-0.05, 0) is 27.8 Å². The highest BCUT2D eigenvalue weighted by Gasteiger charge is 2.31. The molecule has 1 rings (SSSR count). The number of rotatable bonds is 5. The maximum absolute atomic E-state index is 12.4. The molecule has 0 saturated carbocycles. The Hall–Kier alpha value is -0.820. The van der Waals surface area contributed by atoms with Crippen molar-refractivity contribution >= 4 is 16.5 Å². The summed E-state index contributed by atoms with van der Waals surface area (Å²) in [5, 5.41) is 3.50. The van der Waals surface area contributed by atoms with Crippen LogP contribution in [0.3, 0.4) is 0 Å². The van der Waals surface area contributed by atoms with Crippen LogP contribution < -0.4 is 10.2 Å².